The van der Waals surface area contributed by atoms with E-state index >= 15 is 0 Å². The van der Waals surface area contributed by atoms with Crippen molar-refractivity contribution in [1.29, 1.82) is 0 Å². The number of carbonyl (C=O) groups is 2. The lowest BCUT2D eigenvalue weighted by molar-refractivity contribution is 0.0697. The number of aryl methyl sites for hydroxylation is 1. The number of carbonyl (C=O) groups excluding carboxylic acids is 1. The minimum Gasteiger partial charge on any atom is -0.478 e. The van der Waals surface area contributed by atoms with Gasteiger partial charge in [0, 0.05) is 13.2 Å². The molecule has 1 heterocycles. The Bertz CT molecular complexity index is 668. The molecule has 1 aromatic carbocycles. The molecule has 2 aromatic rings. The molecule has 0 aliphatic carbocycles. The fourth-order valence-corrected chi connectivity index (χ4v) is 1.57. The molecular weight excluding hydrogens is 267 g/mol. The molecule has 0 spiro atoms. The quantitative estimate of drug-likeness (QED) is 0.798. The first-order valence-electron chi connectivity index (χ1n) is 5.55. The highest BCUT2D eigenvalue weighted by Gasteiger charge is 2.13. The molecule has 0 radical (unpaired) electrons. The number of anilines is 2. The Morgan fingerprint density at radius 3 is 2.70 bits per heavy atom. The smallest absolute Gasteiger partial charge is 0.337 e. The average molecular weight is 278 g/mol. The summed E-state index contributed by atoms with van der Waals surface area (Å²) < 4.78 is 14.5. The average Bonchev–Trinajstić information content (AvgIpc) is 2.76. The van der Waals surface area contributed by atoms with Crippen molar-refractivity contribution < 1.29 is 19.1 Å². The minimum absolute atomic E-state index is 0.000269. The topological polar surface area (TPSA) is 96.2 Å². The number of urea groups is 1. The Morgan fingerprint density at radius 2 is 2.10 bits per heavy atom. The van der Waals surface area contributed by atoms with Gasteiger partial charge in [-0.3, -0.25) is 4.68 Å². The van der Waals surface area contributed by atoms with Gasteiger partial charge in [-0.15, -0.1) is 0 Å². The first-order chi connectivity index (χ1) is 9.45. The summed E-state index contributed by atoms with van der Waals surface area (Å²) in [7, 11) is 1.69. The van der Waals surface area contributed by atoms with Crippen LogP contribution in [0.1, 0.15) is 10.4 Å². The molecule has 0 aliphatic rings. The highest BCUT2D eigenvalue weighted by Crippen LogP contribution is 2.17. The highest BCUT2D eigenvalue weighted by atomic mass is 19.1. The van der Waals surface area contributed by atoms with Gasteiger partial charge in [0.2, 0.25) is 0 Å². The predicted molar refractivity (Wildman–Crippen MR) is 69.2 cm³/mol. The standard InChI is InChI=1S/C12H11FN4O3/c1-17-6-8(5-14-17)15-12(20)16-10-3-2-7(13)4-9(10)11(18)19/h2-6H,1H3,(H,18,19)(H2,15,16,20). The minimum atomic E-state index is -1.33. The van der Waals surface area contributed by atoms with Crippen LogP contribution < -0.4 is 10.6 Å². The van der Waals surface area contributed by atoms with E-state index in [0.717, 1.165) is 12.1 Å². The zero-order valence-corrected chi connectivity index (χ0v) is 10.4. The molecular formula is C12H11FN4O3. The number of aromatic carboxylic acids is 1. The van der Waals surface area contributed by atoms with Crippen LogP contribution >= 0.6 is 0 Å². The number of carboxylic acid groups (broad SMARTS) is 1. The number of nitrogens with one attached hydrogen (secondary N) is 2. The number of benzene rings is 1. The Kier molecular flexibility index (Phi) is 3.65. The monoisotopic (exact) mass is 278 g/mol. The van der Waals surface area contributed by atoms with E-state index in [1.165, 1.54) is 16.9 Å². The second-order valence-corrected chi connectivity index (χ2v) is 3.98. The van der Waals surface area contributed by atoms with Gasteiger partial charge in [-0.1, -0.05) is 0 Å². The third-order valence-corrected chi connectivity index (χ3v) is 2.42. The van der Waals surface area contributed by atoms with Crippen molar-refractivity contribution in [3.63, 3.8) is 0 Å². The number of rotatable bonds is 3. The van der Waals surface area contributed by atoms with E-state index in [0.29, 0.717) is 5.69 Å². The fourth-order valence-electron chi connectivity index (χ4n) is 1.57. The summed E-state index contributed by atoms with van der Waals surface area (Å²) >= 11 is 0. The van der Waals surface area contributed by atoms with Gasteiger partial charge in [-0.2, -0.15) is 5.10 Å². The summed E-state index contributed by atoms with van der Waals surface area (Å²) in [6.07, 6.45) is 3.00. The van der Waals surface area contributed by atoms with Crippen LogP contribution in [0.3, 0.4) is 0 Å². The van der Waals surface area contributed by atoms with Crippen molar-refractivity contribution in [3.05, 3.63) is 42.0 Å². The number of nitrogens with zero attached hydrogens (tertiary/aromatic N) is 2. The largest absolute Gasteiger partial charge is 0.478 e. The van der Waals surface area contributed by atoms with Crippen molar-refractivity contribution >= 4 is 23.4 Å². The maximum absolute atomic E-state index is 13.0. The molecule has 0 bridgehead atoms. The number of carboxylic acids is 1. The lowest BCUT2D eigenvalue weighted by Gasteiger charge is -2.08. The summed E-state index contributed by atoms with van der Waals surface area (Å²) in [6.45, 7) is 0. The van der Waals surface area contributed by atoms with Crippen LogP contribution in [0.2, 0.25) is 0 Å². The van der Waals surface area contributed by atoms with E-state index in [2.05, 4.69) is 15.7 Å². The van der Waals surface area contributed by atoms with Crippen molar-refractivity contribution in [3.8, 4) is 0 Å². The molecule has 0 aliphatic heterocycles. The Hall–Kier alpha value is -2.90. The van der Waals surface area contributed by atoms with Gasteiger partial charge >= 0.3 is 12.0 Å². The molecule has 8 heteroatoms. The van der Waals surface area contributed by atoms with Gasteiger partial charge in [0.25, 0.3) is 0 Å². The number of hydrogen-bond donors (Lipinski definition) is 3. The molecule has 7 nitrogen and oxygen atoms in total. The second-order valence-electron chi connectivity index (χ2n) is 3.98. The van der Waals surface area contributed by atoms with Gasteiger partial charge in [0.05, 0.1) is 23.1 Å². The molecule has 0 fully saturated rings. The second kappa shape index (κ2) is 5.39. The summed E-state index contributed by atoms with van der Waals surface area (Å²) in [6, 6.07) is 2.43. The Balaban J connectivity index is 2.13. The lowest BCUT2D eigenvalue weighted by Crippen LogP contribution is -2.20. The Labute approximate surface area is 113 Å². The third-order valence-electron chi connectivity index (χ3n) is 2.42. The fraction of sp³-hybridized carbons (Fsp3) is 0.0833. The number of hydrogen-bond acceptors (Lipinski definition) is 3. The van der Waals surface area contributed by atoms with Crippen LogP contribution in [-0.4, -0.2) is 26.9 Å². The summed E-state index contributed by atoms with van der Waals surface area (Å²) in [5.41, 5.74) is 0.121. The van der Waals surface area contributed by atoms with Crippen LogP contribution in [0.5, 0.6) is 0 Å². The molecule has 0 saturated carbocycles. The molecule has 1 aromatic heterocycles. The zero-order valence-electron chi connectivity index (χ0n) is 10.4. The molecule has 0 unspecified atom stereocenters. The van der Waals surface area contributed by atoms with E-state index in [-0.39, 0.29) is 11.3 Å². The summed E-state index contributed by atoms with van der Waals surface area (Å²) in [5.74, 6) is -2.03. The molecule has 0 saturated heterocycles. The maximum atomic E-state index is 13.0. The molecule has 2 amide bonds. The number of aromatic nitrogens is 2. The Morgan fingerprint density at radius 1 is 1.35 bits per heavy atom. The van der Waals surface area contributed by atoms with Crippen LogP contribution in [0, 0.1) is 5.82 Å². The molecule has 0 atom stereocenters. The van der Waals surface area contributed by atoms with Gasteiger partial charge in [-0.05, 0) is 18.2 Å². The highest BCUT2D eigenvalue weighted by molar-refractivity contribution is 6.04. The molecule has 104 valence electrons. The van der Waals surface area contributed by atoms with Gasteiger partial charge in [0.1, 0.15) is 5.82 Å². The number of halogens is 1. The van der Waals surface area contributed by atoms with Crippen LogP contribution in [0.4, 0.5) is 20.6 Å². The zero-order chi connectivity index (χ0) is 14.7. The third kappa shape index (κ3) is 3.10. The normalized spacial score (nSPS) is 10.1. The van der Waals surface area contributed by atoms with E-state index in [4.69, 9.17) is 5.11 Å². The van der Waals surface area contributed by atoms with Crippen molar-refractivity contribution in [2.75, 3.05) is 10.6 Å². The summed E-state index contributed by atoms with van der Waals surface area (Å²) in [5, 5.41) is 17.6. The van der Waals surface area contributed by atoms with Crippen LogP contribution in [0.15, 0.2) is 30.6 Å². The predicted octanol–water partition coefficient (Wildman–Crippen LogP) is 1.90. The number of amides is 2. The molecule has 2 rings (SSSR count). The van der Waals surface area contributed by atoms with Crippen molar-refractivity contribution in [2.24, 2.45) is 7.05 Å². The van der Waals surface area contributed by atoms with Crippen LogP contribution in [-0.2, 0) is 7.05 Å². The van der Waals surface area contributed by atoms with Crippen molar-refractivity contribution in [2.45, 2.75) is 0 Å². The molecule has 20 heavy (non-hydrogen) atoms. The maximum Gasteiger partial charge on any atom is 0.337 e. The summed E-state index contributed by atoms with van der Waals surface area (Å²) in [4.78, 5) is 22.7. The lowest BCUT2D eigenvalue weighted by atomic mass is 10.2. The van der Waals surface area contributed by atoms with Crippen LogP contribution in [0.25, 0.3) is 0 Å². The van der Waals surface area contributed by atoms with E-state index < -0.39 is 17.8 Å². The SMILES string of the molecule is Cn1cc(NC(=O)Nc2ccc(F)cc2C(=O)O)cn1. The van der Waals surface area contributed by atoms with Gasteiger partial charge in [-0.25, -0.2) is 14.0 Å². The van der Waals surface area contributed by atoms with E-state index in [1.807, 2.05) is 0 Å². The van der Waals surface area contributed by atoms with Gasteiger partial charge in [0.15, 0.2) is 0 Å². The van der Waals surface area contributed by atoms with Crippen molar-refractivity contribution in [1.82, 2.24) is 9.78 Å². The first kappa shape index (κ1) is 13.5. The first-order valence-corrected chi connectivity index (χ1v) is 5.55. The van der Waals surface area contributed by atoms with Gasteiger partial charge < -0.3 is 15.7 Å². The van der Waals surface area contributed by atoms with E-state index in [1.54, 1.807) is 13.2 Å². The molecule has 3 N–H and O–H groups in total. The van der Waals surface area contributed by atoms with E-state index in [9.17, 15) is 14.0 Å².